The van der Waals surface area contributed by atoms with Crippen LogP contribution >= 0.6 is 0 Å². The van der Waals surface area contributed by atoms with Gasteiger partial charge in [-0.25, -0.2) is 0 Å². The molecule has 2 aromatic rings. The van der Waals surface area contributed by atoms with E-state index in [1.807, 2.05) is 12.1 Å². The Bertz CT molecular complexity index is 762. The highest BCUT2D eigenvalue weighted by atomic mass is 16.5. The maximum absolute atomic E-state index is 5.52. The summed E-state index contributed by atoms with van der Waals surface area (Å²) in [6.45, 7) is 6.85. The van der Waals surface area contributed by atoms with Gasteiger partial charge in [0.2, 0.25) is 0 Å². The number of benzene rings is 2. The number of anilines is 1. The number of rotatable bonds is 9. The zero-order valence-corrected chi connectivity index (χ0v) is 17.7. The van der Waals surface area contributed by atoms with Crippen molar-refractivity contribution < 1.29 is 4.74 Å². The van der Waals surface area contributed by atoms with Crippen molar-refractivity contribution >= 4 is 11.6 Å². The summed E-state index contributed by atoms with van der Waals surface area (Å²) in [6.07, 6.45) is 3.35. The average Bonchev–Trinajstić information content (AvgIpc) is 3.24. The number of hydrogen-bond donors (Lipinski definition) is 2. The highest BCUT2D eigenvalue weighted by Crippen LogP contribution is 2.31. The number of nitrogens with one attached hydrogen (secondary N) is 2. The molecule has 5 nitrogen and oxygen atoms in total. The minimum atomic E-state index is 0.569. The third kappa shape index (κ3) is 6.41. The van der Waals surface area contributed by atoms with E-state index in [0.29, 0.717) is 5.92 Å². The van der Waals surface area contributed by atoms with Gasteiger partial charge < -0.3 is 20.3 Å². The molecule has 0 amide bonds. The maximum atomic E-state index is 5.52. The Hall–Kier alpha value is -2.69. The lowest BCUT2D eigenvalue weighted by atomic mass is 10.1. The largest absolute Gasteiger partial charge is 0.495 e. The molecule has 156 valence electrons. The summed E-state index contributed by atoms with van der Waals surface area (Å²) in [5.74, 6) is 2.45. The smallest absolute Gasteiger partial charge is 0.191 e. The molecule has 0 radical (unpaired) electrons. The van der Waals surface area contributed by atoms with Crippen LogP contribution in [-0.2, 0) is 6.42 Å². The summed E-state index contributed by atoms with van der Waals surface area (Å²) in [6, 6.07) is 18.9. The molecule has 2 N–H and O–H groups in total. The molecule has 5 heteroatoms. The van der Waals surface area contributed by atoms with E-state index in [2.05, 4.69) is 64.9 Å². The number of ether oxygens (including phenoxy) is 1. The fraction of sp³-hybridized carbons (Fsp3) is 0.458. The van der Waals surface area contributed by atoms with E-state index in [1.165, 1.54) is 11.3 Å². The van der Waals surface area contributed by atoms with Gasteiger partial charge in [0.15, 0.2) is 5.96 Å². The summed E-state index contributed by atoms with van der Waals surface area (Å²) < 4.78 is 5.52. The Kier molecular flexibility index (Phi) is 8.23. The molecule has 1 heterocycles. The second-order valence-electron chi connectivity index (χ2n) is 7.51. The van der Waals surface area contributed by atoms with Crippen LogP contribution in [0, 0.1) is 5.92 Å². The standard InChI is InChI=1S/C24H34N4O/c1-3-25-24(26-16-9-12-20-10-5-4-6-11-20)27-18-21-15-17-28(19-21)22-13-7-8-14-23(22)29-2/h4-8,10-11,13-14,21H,3,9,12,15-19H2,1-2H3,(H2,25,26,27). The lowest BCUT2D eigenvalue weighted by Crippen LogP contribution is -2.38. The zero-order valence-electron chi connectivity index (χ0n) is 17.7. The van der Waals surface area contributed by atoms with Crippen molar-refractivity contribution in [1.82, 2.24) is 10.6 Å². The molecular formula is C24H34N4O. The topological polar surface area (TPSA) is 48.9 Å². The normalized spacial score (nSPS) is 16.7. The molecule has 0 saturated carbocycles. The molecule has 0 aromatic heterocycles. The van der Waals surface area contributed by atoms with Crippen LogP contribution in [0.1, 0.15) is 25.3 Å². The highest BCUT2D eigenvalue weighted by Gasteiger charge is 2.24. The van der Waals surface area contributed by atoms with E-state index in [4.69, 9.17) is 9.73 Å². The molecule has 3 rings (SSSR count). The average molecular weight is 395 g/mol. The molecule has 1 saturated heterocycles. The SMILES string of the molecule is CCNC(=NCC1CCN(c2ccccc2OC)C1)NCCCc1ccccc1. The van der Waals surface area contributed by atoms with Gasteiger partial charge in [0, 0.05) is 32.7 Å². The first-order chi connectivity index (χ1) is 14.3. The molecule has 1 aliphatic heterocycles. The Morgan fingerprint density at radius 1 is 1.10 bits per heavy atom. The fourth-order valence-corrected chi connectivity index (χ4v) is 3.80. The van der Waals surface area contributed by atoms with Crippen molar-refractivity contribution in [1.29, 1.82) is 0 Å². The molecule has 1 fully saturated rings. The number of aliphatic imine (C=N–C) groups is 1. The molecule has 29 heavy (non-hydrogen) atoms. The summed E-state index contributed by atoms with van der Waals surface area (Å²) >= 11 is 0. The third-order valence-electron chi connectivity index (χ3n) is 5.34. The van der Waals surface area contributed by atoms with E-state index in [0.717, 1.165) is 63.7 Å². The molecular weight excluding hydrogens is 360 g/mol. The van der Waals surface area contributed by atoms with Gasteiger partial charge in [0.05, 0.1) is 12.8 Å². The second kappa shape index (κ2) is 11.3. The molecule has 1 atom stereocenters. The van der Waals surface area contributed by atoms with E-state index in [-0.39, 0.29) is 0 Å². The Balaban J connectivity index is 1.46. The Morgan fingerprint density at radius 2 is 1.90 bits per heavy atom. The predicted octanol–water partition coefficient (Wildman–Crippen LogP) is 3.71. The number of guanidine groups is 1. The Labute approximate surface area is 175 Å². The van der Waals surface area contributed by atoms with Crippen molar-refractivity contribution in [2.75, 3.05) is 44.7 Å². The first-order valence-electron chi connectivity index (χ1n) is 10.7. The van der Waals surface area contributed by atoms with Crippen LogP contribution in [0.25, 0.3) is 0 Å². The molecule has 0 spiro atoms. The number of hydrogen-bond acceptors (Lipinski definition) is 3. The summed E-state index contributed by atoms with van der Waals surface area (Å²) in [4.78, 5) is 7.26. The number of para-hydroxylation sites is 2. The predicted molar refractivity (Wildman–Crippen MR) is 122 cm³/mol. The van der Waals surface area contributed by atoms with Crippen LogP contribution in [0.4, 0.5) is 5.69 Å². The van der Waals surface area contributed by atoms with E-state index in [1.54, 1.807) is 7.11 Å². The minimum Gasteiger partial charge on any atom is -0.495 e. The van der Waals surface area contributed by atoms with Crippen LogP contribution in [0.5, 0.6) is 5.75 Å². The van der Waals surface area contributed by atoms with E-state index < -0.39 is 0 Å². The van der Waals surface area contributed by atoms with Gasteiger partial charge in [-0.05, 0) is 49.8 Å². The van der Waals surface area contributed by atoms with Gasteiger partial charge in [-0.3, -0.25) is 4.99 Å². The molecule has 1 unspecified atom stereocenters. The summed E-state index contributed by atoms with van der Waals surface area (Å²) in [7, 11) is 1.74. The van der Waals surface area contributed by atoms with Crippen LogP contribution in [0.3, 0.4) is 0 Å². The van der Waals surface area contributed by atoms with Crippen LogP contribution in [-0.4, -0.2) is 45.8 Å². The molecule has 0 bridgehead atoms. The minimum absolute atomic E-state index is 0.569. The van der Waals surface area contributed by atoms with Gasteiger partial charge in [0.25, 0.3) is 0 Å². The number of nitrogens with zero attached hydrogens (tertiary/aromatic N) is 2. The van der Waals surface area contributed by atoms with Crippen molar-refractivity contribution in [3.63, 3.8) is 0 Å². The van der Waals surface area contributed by atoms with Crippen LogP contribution in [0.2, 0.25) is 0 Å². The van der Waals surface area contributed by atoms with E-state index in [9.17, 15) is 0 Å². The summed E-state index contributed by atoms with van der Waals surface area (Å²) in [5, 5.41) is 6.85. The highest BCUT2D eigenvalue weighted by molar-refractivity contribution is 5.79. The van der Waals surface area contributed by atoms with E-state index >= 15 is 0 Å². The Morgan fingerprint density at radius 3 is 2.69 bits per heavy atom. The lowest BCUT2D eigenvalue weighted by molar-refractivity contribution is 0.414. The lowest BCUT2D eigenvalue weighted by Gasteiger charge is -2.21. The van der Waals surface area contributed by atoms with Gasteiger partial charge in [0.1, 0.15) is 5.75 Å². The summed E-state index contributed by atoms with van der Waals surface area (Å²) in [5.41, 5.74) is 2.58. The monoisotopic (exact) mass is 394 g/mol. The molecule has 2 aromatic carbocycles. The van der Waals surface area contributed by atoms with Gasteiger partial charge >= 0.3 is 0 Å². The van der Waals surface area contributed by atoms with Crippen molar-refractivity contribution in [3.05, 3.63) is 60.2 Å². The van der Waals surface area contributed by atoms with Crippen LogP contribution in [0.15, 0.2) is 59.6 Å². The fourth-order valence-electron chi connectivity index (χ4n) is 3.80. The second-order valence-corrected chi connectivity index (χ2v) is 7.51. The first-order valence-corrected chi connectivity index (χ1v) is 10.7. The number of aryl methyl sites for hydroxylation is 1. The van der Waals surface area contributed by atoms with Crippen molar-refractivity contribution in [2.45, 2.75) is 26.2 Å². The first kappa shape index (κ1) is 21.0. The van der Waals surface area contributed by atoms with Gasteiger partial charge in [-0.2, -0.15) is 0 Å². The van der Waals surface area contributed by atoms with Crippen LogP contribution < -0.4 is 20.3 Å². The zero-order chi connectivity index (χ0) is 20.3. The number of methoxy groups -OCH3 is 1. The molecule has 0 aliphatic carbocycles. The third-order valence-corrected chi connectivity index (χ3v) is 5.34. The van der Waals surface area contributed by atoms with Gasteiger partial charge in [-0.15, -0.1) is 0 Å². The van der Waals surface area contributed by atoms with Crippen molar-refractivity contribution in [2.24, 2.45) is 10.9 Å². The van der Waals surface area contributed by atoms with Gasteiger partial charge in [-0.1, -0.05) is 42.5 Å². The quantitative estimate of drug-likeness (QED) is 0.387. The maximum Gasteiger partial charge on any atom is 0.191 e. The van der Waals surface area contributed by atoms with Crippen molar-refractivity contribution in [3.8, 4) is 5.75 Å². The molecule has 1 aliphatic rings.